The minimum Gasteiger partial charge on any atom is -0.327 e. The molecule has 1 aliphatic carbocycles. The molecular formula is C23H48N2. The zero-order valence-corrected chi connectivity index (χ0v) is 18.0. The summed E-state index contributed by atoms with van der Waals surface area (Å²) in [5, 5.41) is 0. The standard InChI is InChI=1S/C23H48N2/c1-6-23(5,20-14-15-22(25)19(4)17-20)16-12-10-8-7-9-11-13-21(24)18(2)3/h18-22H,6-17,24-25H2,1-5H3. The lowest BCUT2D eigenvalue weighted by Crippen LogP contribution is -2.39. The number of hydrogen-bond acceptors (Lipinski definition) is 2. The first-order valence-electron chi connectivity index (χ1n) is 11.3. The Morgan fingerprint density at radius 1 is 1.00 bits per heavy atom. The second kappa shape index (κ2) is 11.6. The lowest BCUT2D eigenvalue weighted by atomic mass is 9.63. The maximum Gasteiger partial charge on any atom is 0.00647 e. The predicted molar refractivity (Wildman–Crippen MR) is 113 cm³/mol. The summed E-state index contributed by atoms with van der Waals surface area (Å²) < 4.78 is 0. The van der Waals surface area contributed by atoms with Crippen LogP contribution in [0.2, 0.25) is 0 Å². The van der Waals surface area contributed by atoms with Gasteiger partial charge >= 0.3 is 0 Å². The van der Waals surface area contributed by atoms with E-state index in [2.05, 4.69) is 34.6 Å². The maximum absolute atomic E-state index is 6.23. The van der Waals surface area contributed by atoms with Crippen LogP contribution in [0.4, 0.5) is 0 Å². The SMILES string of the molecule is CCC(C)(CCCCCCCCC(N)C(C)C)C1CCC(N)C(C)C1. The van der Waals surface area contributed by atoms with E-state index in [0.29, 0.717) is 29.3 Å². The average Bonchev–Trinajstić information content (AvgIpc) is 2.58. The Morgan fingerprint density at radius 2 is 1.60 bits per heavy atom. The van der Waals surface area contributed by atoms with E-state index in [0.717, 1.165) is 5.92 Å². The van der Waals surface area contributed by atoms with Crippen LogP contribution in [-0.2, 0) is 0 Å². The molecule has 0 spiro atoms. The molecule has 0 aromatic carbocycles. The monoisotopic (exact) mass is 352 g/mol. The Morgan fingerprint density at radius 3 is 2.16 bits per heavy atom. The molecule has 5 unspecified atom stereocenters. The molecular weight excluding hydrogens is 304 g/mol. The Bertz CT molecular complexity index is 341. The molecule has 150 valence electrons. The van der Waals surface area contributed by atoms with E-state index < -0.39 is 0 Å². The summed E-state index contributed by atoms with van der Waals surface area (Å²) in [7, 11) is 0. The van der Waals surface area contributed by atoms with E-state index in [4.69, 9.17) is 11.5 Å². The van der Waals surface area contributed by atoms with Crippen molar-refractivity contribution in [1.82, 2.24) is 0 Å². The van der Waals surface area contributed by atoms with Crippen LogP contribution in [0.3, 0.4) is 0 Å². The normalized spacial score (nSPS) is 28.1. The van der Waals surface area contributed by atoms with Crippen LogP contribution in [-0.4, -0.2) is 12.1 Å². The molecule has 0 aromatic rings. The molecule has 1 rings (SSSR count). The number of rotatable bonds is 12. The highest BCUT2D eigenvalue weighted by Gasteiger charge is 2.36. The summed E-state index contributed by atoms with van der Waals surface area (Å²) in [6, 6.07) is 0.845. The molecule has 4 N–H and O–H groups in total. The Labute approximate surface area is 158 Å². The molecule has 2 heteroatoms. The third kappa shape index (κ3) is 7.99. The van der Waals surface area contributed by atoms with Crippen LogP contribution in [0.1, 0.15) is 112 Å². The number of hydrogen-bond donors (Lipinski definition) is 2. The van der Waals surface area contributed by atoms with Gasteiger partial charge in [-0.3, -0.25) is 0 Å². The molecule has 0 radical (unpaired) electrons. The summed E-state index contributed by atoms with van der Waals surface area (Å²) in [5.41, 5.74) is 12.9. The first-order chi connectivity index (χ1) is 11.8. The van der Waals surface area contributed by atoms with Gasteiger partial charge in [-0.05, 0) is 55.3 Å². The van der Waals surface area contributed by atoms with Crippen molar-refractivity contribution >= 4 is 0 Å². The first-order valence-corrected chi connectivity index (χ1v) is 11.3. The van der Waals surface area contributed by atoms with Crippen LogP contribution >= 0.6 is 0 Å². The lowest BCUT2D eigenvalue weighted by molar-refractivity contribution is 0.0859. The first kappa shape index (κ1) is 23.0. The van der Waals surface area contributed by atoms with Gasteiger partial charge in [0.05, 0.1) is 0 Å². The molecule has 0 saturated heterocycles. The van der Waals surface area contributed by atoms with Gasteiger partial charge in [0.15, 0.2) is 0 Å². The minimum atomic E-state index is 0.399. The van der Waals surface area contributed by atoms with Gasteiger partial charge in [-0.1, -0.05) is 79.6 Å². The van der Waals surface area contributed by atoms with Crippen molar-refractivity contribution in [3.05, 3.63) is 0 Å². The summed E-state index contributed by atoms with van der Waals surface area (Å²) in [6.07, 6.45) is 16.2. The zero-order chi connectivity index (χ0) is 18.9. The quantitative estimate of drug-likeness (QED) is 0.407. The molecule has 0 aromatic heterocycles. The molecule has 0 heterocycles. The Balaban J connectivity index is 2.16. The van der Waals surface area contributed by atoms with E-state index >= 15 is 0 Å². The number of unbranched alkanes of at least 4 members (excludes halogenated alkanes) is 5. The van der Waals surface area contributed by atoms with E-state index in [1.54, 1.807) is 0 Å². The van der Waals surface area contributed by atoms with Gasteiger partial charge in [-0.25, -0.2) is 0 Å². The molecule has 2 nitrogen and oxygen atoms in total. The fourth-order valence-corrected chi connectivity index (χ4v) is 4.67. The molecule has 25 heavy (non-hydrogen) atoms. The Kier molecular flexibility index (Phi) is 10.6. The highest BCUT2D eigenvalue weighted by Crippen LogP contribution is 2.45. The summed E-state index contributed by atoms with van der Waals surface area (Å²) in [4.78, 5) is 0. The van der Waals surface area contributed by atoms with E-state index in [1.165, 1.54) is 77.0 Å². The van der Waals surface area contributed by atoms with Crippen molar-refractivity contribution < 1.29 is 0 Å². The van der Waals surface area contributed by atoms with Crippen LogP contribution < -0.4 is 11.5 Å². The molecule has 1 fully saturated rings. The fraction of sp³-hybridized carbons (Fsp3) is 1.00. The second-order valence-corrected chi connectivity index (χ2v) is 9.73. The maximum atomic E-state index is 6.23. The number of nitrogens with two attached hydrogens (primary N) is 2. The molecule has 0 amide bonds. The van der Waals surface area contributed by atoms with Crippen LogP contribution in [0.25, 0.3) is 0 Å². The van der Waals surface area contributed by atoms with Crippen LogP contribution in [0.15, 0.2) is 0 Å². The summed E-state index contributed by atoms with van der Waals surface area (Å²) in [6.45, 7) is 11.8. The molecule has 0 bridgehead atoms. The van der Waals surface area contributed by atoms with Crippen LogP contribution in [0, 0.1) is 23.2 Å². The van der Waals surface area contributed by atoms with Crippen molar-refractivity contribution in [1.29, 1.82) is 0 Å². The van der Waals surface area contributed by atoms with Crippen molar-refractivity contribution in [3.63, 3.8) is 0 Å². The lowest BCUT2D eigenvalue weighted by Gasteiger charge is -2.43. The van der Waals surface area contributed by atoms with Crippen molar-refractivity contribution in [2.75, 3.05) is 0 Å². The third-order valence-corrected chi connectivity index (χ3v) is 7.42. The van der Waals surface area contributed by atoms with Gasteiger partial charge < -0.3 is 11.5 Å². The van der Waals surface area contributed by atoms with Gasteiger partial charge in [-0.2, -0.15) is 0 Å². The van der Waals surface area contributed by atoms with E-state index in [-0.39, 0.29) is 0 Å². The third-order valence-electron chi connectivity index (χ3n) is 7.42. The largest absolute Gasteiger partial charge is 0.327 e. The van der Waals surface area contributed by atoms with Gasteiger partial charge in [0.25, 0.3) is 0 Å². The minimum absolute atomic E-state index is 0.399. The van der Waals surface area contributed by atoms with Gasteiger partial charge in [0.1, 0.15) is 0 Å². The van der Waals surface area contributed by atoms with Crippen molar-refractivity contribution in [2.24, 2.45) is 34.6 Å². The highest BCUT2D eigenvalue weighted by atomic mass is 14.7. The molecule has 5 atom stereocenters. The van der Waals surface area contributed by atoms with Gasteiger partial charge in [0, 0.05) is 12.1 Å². The van der Waals surface area contributed by atoms with Gasteiger partial charge in [0.2, 0.25) is 0 Å². The second-order valence-electron chi connectivity index (χ2n) is 9.73. The zero-order valence-electron chi connectivity index (χ0n) is 18.0. The van der Waals surface area contributed by atoms with Crippen molar-refractivity contribution in [3.8, 4) is 0 Å². The molecule has 0 aliphatic heterocycles. The topological polar surface area (TPSA) is 52.0 Å². The fourth-order valence-electron chi connectivity index (χ4n) is 4.67. The van der Waals surface area contributed by atoms with Crippen LogP contribution in [0.5, 0.6) is 0 Å². The highest BCUT2D eigenvalue weighted by molar-refractivity contribution is 4.89. The summed E-state index contributed by atoms with van der Waals surface area (Å²) in [5.74, 6) is 2.23. The van der Waals surface area contributed by atoms with Gasteiger partial charge in [-0.15, -0.1) is 0 Å². The average molecular weight is 353 g/mol. The van der Waals surface area contributed by atoms with E-state index in [1.807, 2.05) is 0 Å². The summed E-state index contributed by atoms with van der Waals surface area (Å²) >= 11 is 0. The van der Waals surface area contributed by atoms with Crippen molar-refractivity contribution in [2.45, 2.75) is 124 Å². The molecule has 1 aliphatic rings. The predicted octanol–water partition coefficient (Wildman–Crippen LogP) is 6.27. The molecule has 1 saturated carbocycles. The van der Waals surface area contributed by atoms with E-state index in [9.17, 15) is 0 Å². The smallest absolute Gasteiger partial charge is 0.00647 e. The Hall–Kier alpha value is -0.0800.